The first-order valence-corrected chi connectivity index (χ1v) is 5.65. The van der Waals surface area contributed by atoms with Crippen molar-refractivity contribution in [2.45, 2.75) is 45.1 Å². The van der Waals surface area contributed by atoms with Crippen LogP contribution in [0.25, 0.3) is 0 Å². The van der Waals surface area contributed by atoms with Crippen molar-refractivity contribution in [3.63, 3.8) is 0 Å². The van der Waals surface area contributed by atoms with Crippen LogP contribution in [0.4, 0.5) is 0 Å². The molecule has 0 heterocycles. The van der Waals surface area contributed by atoms with E-state index in [4.69, 9.17) is 5.73 Å². The normalized spacial score (nSPS) is 12.7. The number of unbranched alkanes of at least 4 members (excludes halogenated alkanes) is 3. The van der Waals surface area contributed by atoms with E-state index >= 15 is 0 Å². The third-order valence-corrected chi connectivity index (χ3v) is 2.60. The van der Waals surface area contributed by atoms with Gasteiger partial charge >= 0.3 is 0 Å². The summed E-state index contributed by atoms with van der Waals surface area (Å²) in [5.74, 6) is 0. The molecule has 0 amide bonds. The lowest BCUT2D eigenvalue weighted by Crippen LogP contribution is -2.09. The Morgan fingerprint density at radius 1 is 1.07 bits per heavy atom. The fourth-order valence-corrected chi connectivity index (χ4v) is 1.66. The molecule has 0 fully saturated rings. The summed E-state index contributed by atoms with van der Waals surface area (Å²) in [5.41, 5.74) is 7.34. The molecule has 1 aromatic rings. The fourth-order valence-electron chi connectivity index (χ4n) is 1.66. The van der Waals surface area contributed by atoms with Gasteiger partial charge in [0.2, 0.25) is 0 Å². The van der Waals surface area contributed by atoms with Gasteiger partial charge in [-0.2, -0.15) is 0 Å². The Bertz CT molecular complexity index is 230. The van der Waals surface area contributed by atoms with Gasteiger partial charge in [0.05, 0.1) is 0 Å². The van der Waals surface area contributed by atoms with E-state index in [2.05, 4.69) is 31.2 Å². The zero-order valence-electron chi connectivity index (χ0n) is 9.08. The first-order valence-electron chi connectivity index (χ1n) is 5.65. The van der Waals surface area contributed by atoms with Gasteiger partial charge < -0.3 is 5.73 Å². The summed E-state index contributed by atoms with van der Waals surface area (Å²) in [6.07, 6.45) is 6.31. The predicted octanol–water partition coefficient (Wildman–Crippen LogP) is 3.66. The smallest absolute Gasteiger partial charge is 0.0294 e. The van der Waals surface area contributed by atoms with Gasteiger partial charge in [0.1, 0.15) is 0 Å². The molecule has 0 aliphatic heterocycles. The first kappa shape index (κ1) is 11.3. The maximum atomic E-state index is 6.08. The molecule has 0 unspecified atom stereocenters. The van der Waals surface area contributed by atoms with Crippen LogP contribution in [0.3, 0.4) is 0 Å². The van der Waals surface area contributed by atoms with Gasteiger partial charge in [-0.1, -0.05) is 62.9 Å². The van der Waals surface area contributed by atoms with E-state index in [1.54, 1.807) is 0 Å². The minimum Gasteiger partial charge on any atom is -0.324 e. The van der Waals surface area contributed by atoms with Crippen LogP contribution in [0.1, 0.15) is 50.6 Å². The van der Waals surface area contributed by atoms with Crippen LogP contribution < -0.4 is 5.73 Å². The topological polar surface area (TPSA) is 26.0 Å². The molecule has 0 saturated carbocycles. The second-order valence-corrected chi connectivity index (χ2v) is 3.87. The zero-order valence-corrected chi connectivity index (χ0v) is 9.08. The number of nitrogens with two attached hydrogens (primary N) is 1. The van der Waals surface area contributed by atoms with Gasteiger partial charge in [0.15, 0.2) is 0 Å². The van der Waals surface area contributed by atoms with E-state index in [0.29, 0.717) is 0 Å². The highest BCUT2D eigenvalue weighted by atomic mass is 14.6. The first-order chi connectivity index (χ1) is 6.84. The molecular formula is C13H21N. The summed E-state index contributed by atoms with van der Waals surface area (Å²) in [5, 5.41) is 0. The van der Waals surface area contributed by atoms with Crippen LogP contribution >= 0.6 is 0 Å². The van der Waals surface area contributed by atoms with Gasteiger partial charge in [0.25, 0.3) is 0 Å². The van der Waals surface area contributed by atoms with Crippen LogP contribution in [0.2, 0.25) is 0 Å². The highest BCUT2D eigenvalue weighted by Gasteiger charge is 2.03. The van der Waals surface area contributed by atoms with E-state index in [-0.39, 0.29) is 6.04 Å². The predicted molar refractivity (Wildman–Crippen MR) is 62.1 cm³/mol. The molecule has 0 radical (unpaired) electrons. The number of hydrogen-bond acceptors (Lipinski definition) is 1. The molecular weight excluding hydrogens is 170 g/mol. The molecule has 1 rings (SSSR count). The molecule has 78 valence electrons. The van der Waals surface area contributed by atoms with Crippen molar-refractivity contribution in [1.82, 2.24) is 0 Å². The molecule has 0 spiro atoms. The largest absolute Gasteiger partial charge is 0.324 e. The molecule has 1 heteroatoms. The second kappa shape index (κ2) is 6.61. The Balaban J connectivity index is 2.25. The Hall–Kier alpha value is -0.820. The molecule has 14 heavy (non-hydrogen) atoms. The average molecular weight is 191 g/mol. The summed E-state index contributed by atoms with van der Waals surface area (Å²) >= 11 is 0. The SMILES string of the molecule is CCCCCC[C@@H](N)c1ccccc1. The van der Waals surface area contributed by atoms with Crippen LogP contribution in [0.15, 0.2) is 30.3 Å². The third-order valence-electron chi connectivity index (χ3n) is 2.60. The Morgan fingerprint density at radius 3 is 2.43 bits per heavy atom. The molecule has 0 bridgehead atoms. The summed E-state index contributed by atoms with van der Waals surface area (Å²) < 4.78 is 0. The quantitative estimate of drug-likeness (QED) is 0.682. The Morgan fingerprint density at radius 2 is 1.79 bits per heavy atom. The van der Waals surface area contributed by atoms with Crippen LogP contribution in [0.5, 0.6) is 0 Å². The number of hydrogen-bond donors (Lipinski definition) is 1. The standard InChI is InChI=1S/C13H21N/c1-2-3-4-8-11-13(14)12-9-6-5-7-10-12/h5-7,9-10,13H,2-4,8,11,14H2,1H3/t13-/m1/s1. The fraction of sp³-hybridized carbons (Fsp3) is 0.538. The third kappa shape index (κ3) is 3.93. The van der Waals surface area contributed by atoms with E-state index in [1.807, 2.05) is 6.07 Å². The minimum atomic E-state index is 0.230. The highest BCUT2D eigenvalue weighted by molar-refractivity contribution is 5.18. The molecule has 1 nitrogen and oxygen atoms in total. The summed E-state index contributed by atoms with van der Waals surface area (Å²) in [4.78, 5) is 0. The molecule has 0 aliphatic rings. The summed E-state index contributed by atoms with van der Waals surface area (Å²) in [7, 11) is 0. The van der Waals surface area contributed by atoms with Gasteiger partial charge in [-0.05, 0) is 12.0 Å². The summed E-state index contributed by atoms with van der Waals surface area (Å²) in [6, 6.07) is 10.6. The second-order valence-electron chi connectivity index (χ2n) is 3.87. The average Bonchev–Trinajstić information content (AvgIpc) is 2.25. The monoisotopic (exact) mass is 191 g/mol. The molecule has 0 aliphatic carbocycles. The molecule has 0 saturated heterocycles. The van der Waals surface area contributed by atoms with Crippen molar-refractivity contribution in [3.05, 3.63) is 35.9 Å². The maximum Gasteiger partial charge on any atom is 0.0294 e. The number of rotatable bonds is 6. The molecule has 0 aromatic heterocycles. The maximum absolute atomic E-state index is 6.08. The Kier molecular flexibility index (Phi) is 5.31. The lowest BCUT2D eigenvalue weighted by molar-refractivity contribution is 0.566. The molecule has 1 atom stereocenters. The summed E-state index contributed by atoms with van der Waals surface area (Å²) in [6.45, 7) is 2.23. The van der Waals surface area contributed by atoms with Crippen molar-refractivity contribution in [2.75, 3.05) is 0 Å². The lowest BCUT2D eigenvalue weighted by atomic mass is 10.0. The van der Waals surface area contributed by atoms with Crippen LogP contribution in [0, 0.1) is 0 Å². The van der Waals surface area contributed by atoms with E-state index in [1.165, 1.54) is 31.2 Å². The van der Waals surface area contributed by atoms with Crippen molar-refractivity contribution in [2.24, 2.45) is 5.73 Å². The number of benzene rings is 1. The lowest BCUT2D eigenvalue weighted by Gasteiger charge is -2.11. The van der Waals surface area contributed by atoms with Crippen molar-refractivity contribution in [1.29, 1.82) is 0 Å². The van der Waals surface area contributed by atoms with Gasteiger partial charge in [-0.3, -0.25) is 0 Å². The van der Waals surface area contributed by atoms with Gasteiger partial charge in [-0.25, -0.2) is 0 Å². The van der Waals surface area contributed by atoms with Gasteiger partial charge in [0, 0.05) is 6.04 Å². The highest BCUT2D eigenvalue weighted by Crippen LogP contribution is 2.16. The molecule has 1 aromatic carbocycles. The van der Waals surface area contributed by atoms with E-state index in [0.717, 1.165) is 6.42 Å². The van der Waals surface area contributed by atoms with Crippen molar-refractivity contribution >= 4 is 0 Å². The van der Waals surface area contributed by atoms with Crippen molar-refractivity contribution < 1.29 is 0 Å². The van der Waals surface area contributed by atoms with E-state index < -0.39 is 0 Å². The zero-order chi connectivity index (χ0) is 10.2. The van der Waals surface area contributed by atoms with Crippen LogP contribution in [-0.2, 0) is 0 Å². The van der Waals surface area contributed by atoms with Gasteiger partial charge in [-0.15, -0.1) is 0 Å². The molecule has 2 N–H and O–H groups in total. The minimum absolute atomic E-state index is 0.230. The Labute approximate surface area is 87.3 Å². The van der Waals surface area contributed by atoms with Crippen LogP contribution in [-0.4, -0.2) is 0 Å². The van der Waals surface area contributed by atoms with E-state index in [9.17, 15) is 0 Å². The van der Waals surface area contributed by atoms with Crippen molar-refractivity contribution in [3.8, 4) is 0 Å².